The van der Waals surface area contributed by atoms with Crippen molar-refractivity contribution in [3.05, 3.63) is 65.2 Å². The Kier molecular flexibility index (Phi) is 4.69. The van der Waals surface area contributed by atoms with Crippen LogP contribution in [0.4, 0.5) is 8.78 Å². The largest absolute Gasteiger partial charge is 0.508 e. The Hall–Kier alpha value is -1.94. The lowest BCUT2D eigenvalue weighted by Crippen LogP contribution is -2.24. The minimum absolute atomic E-state index is 0.186. The lowest BCUT2D eigenvalue weighted by molar-refractivity contribution is 0.474. The molecule has 0 bridgehead atoms. The van der Waals surface area contributed by atoms with Crippen LogP contribution >= 0.6 is 0 Å². The van der Waals surface area contributed by atoms with Crippen LogP contribution in [0.15, 0.2) is 42.5 Å². The van der Waals surface area contributed by atoms with Crippen LogP contribution in [0.3, 0.4) is 0 Å². The molecule has 0 aliphatic carbocycles. The predicted molar refractivity (Wildman–Crippen MR) is 74.6 cm³/mol. The van der Waals surface area contributed by atoms with Crippen molar-refractivity contribution < 1.29 is 13.9 Å². The van der Waals surface area contributed by atoms with Crippen LogP contribution in [0.1, 0.15) is 24.1 Å². The van der Waals surface area contributed by atoms with E-state index in [1.807, 2.05) is 6.92 Å². The van der Waals surface area contributed by atoms with Gasteiger partial charge in [0.05, 0.1) is 0 Å². The fourth-order valence-electron chi connectivity index (χ4n) is 2.19. The van der Waals surface area contributed by atoms with Gasteiger partial charge in [0, 0.05) is 11.6 Å². The smallest absolute Gasteiger partial charge is 0.128 e. The average Bonchev–Trinajstić information content (AvgIpc) is 2.43. The van der Waals surface area contributed by atoms with Gasteiger partial charge in [0.15, 0.2) is 0 Å². The van der Waals surface area contributed by atoms with Crippen LogP contribution in [0.25, 0.3) is 0 Å². The van der Waals surface area contributed by atoms with Gasteiger partial charge in [-0.3, -0.25) is 0 Å². The number of benzene rings is 2. The van der Waals surface area contributed by atoms with Gasteiger partial charge in [0.25, 0.3) is 0 Å². The first-order chi connectivity index (χ1) is 9.60. The second kappa shape index (κ2) is 6.48. The van der Waals surface area contributed by atoms with E-state index in [2.05, 4.69) is 5.32 Å². The SMILES string of the molecule is CCNC(Cc1ccc(O)cc1)c1cc(F)ccc1F. The summed E-state index contributed by atoms with van der Waals surface area (Å²) in [5.74, 6) is -0.683. The van der Waals surface area contributed by atoms with Crippen LogP contribution in [0.5, 0.6) is 5.75 Å². The minimum atomic E-state index is -0.449. The quantitative estimate of drug-likeness (QED) is 0.875. The van der Waals surface area contributed by atoms with Crippen molar-refractivity contribution in [1.82, 2.24) is 5.32 Å². The number of phenolic OH excluding ortho intramolecular Hbond substituents is 1. The number of hydrogen-bond acceptors (Lipinski definition) is 2. The zero-order valence-corrected chi connectivity index (χ0v) is 11.2. The van der Waals surface area contributed by atoms with Crippen LogP contribution < -0.4 is 5.32 Å². The molecule has 2 N–H and O–H groups in total. The number of hydrogen-bond donors (Lipinski definition) is 2. The molecule has 0 aromatic heterocycles. The molecule has 1 atom stereocenters. The summed E-state index contributed by atoms with van der Waals surface area (Å²) in [6, 6.07) is 9.89. The molecule has 0 saturated carbocycles. The molecular formula is C16H17F2NO. The highest BCUT2D eigenvalue weighted by Crippen LogP contribution is 2.23. The zero-order valence-electron chi connectivity index (χ0n) is 11.2. The molecule has 106 valence electrons. The molecule has 2 aromatic rings. The fraction of sp³-hybridized carbons (Fsp3) is 0.250. The lowest BCUT2D eigenvalue weighted by atomic mass is 9.98. The zero-order chi connectivity index (χ0) is 14.5. The Labute approximate surface area is 117 Å². The maximum Gasteiger partial charge on any atom is 0.128 e. The molecule has 0 fully saturated rings. The second-order valence-electron chi connectivity index (χ2n) is 4.65. The van der Waals surface area contributed by atoms with Gasteiger partial charge in [-0.25, -0.2) is 8.78 Å². The van der Waals surface area contributed by atoms with Crippen molar-refractivity contribution in [2.24, 2.45) is 0 Å². The van der Waals surface area contributed by atoms with E-state index in [0.29, 0.717) is 18.5 Å². The van der Waals surface area contributed by atoms with Crippen molar-refractivity contribution in [3.8, 4) is 5.75 Å². The van der Waals surface area contributed by atoms with E-state index < -0.39 is 11.6 Å². The Balaban J connectivity index is 2.26. The van der Waals surface area contributed by atoms with Gasteiger partial charge < -0.3 is 10.4 Å². The molecule has 0 heterocycles. The van der Waals surface area contributed by atoms with E-state index in [1.165, 1.54) is 6.07 Å². The van der Waals surface area contributed by atoms with Gasteiger partial charge in [-0.05, 0) is 48.9 Å². The normalized spacial score (nSPS) is 12.3. The summed E-state index contributed by atoms with van der Waals surface area (Å²) >= 11 is 0. The molecule has 0 saturated heterocycles. The number of nitrogens with one attached hydrogen (secondary N) is 1. The maximum atomic E-state index is 13.9. The van der Waals surface area contributed by atoms with Crippen LogP contribution in [-0.2, 0) is 6.42 Å². The standard InChI is InChI=1S/C16H17F2NO/c1-2-19-16(9-11-3-6-13(20)7-4-11)14-10-12(17)5-8-15(14)18/h3-8,10,16,19-20H,2,9H2,1H3. The first-order valence-electron chi connectivity index (χ1n) is 6.56. The van der Waals surface area contributed by atoms with Gasteiger partial charge >= 0.3 is 0 Å². The lowest BCUT2D eigenvalue weighted by Gasteiger charge is -2.19. The molecule has 0 spiro atoms. The Morgan fingerprint density at radius 2 is 1.80 bits per heavy atom. The number of rotatable bonds is 5. The van der Waals surface area contributed by atoms with E-state index in [4.69, 9.17) is 0 Å². The van der Waals surface area contributed by atoms with Gasteiger partial charge in [-0.2, -0.15) is 0 Å². The van der Waals surface area contributed by atoms with Gasteiger partial charge in [0.2, 0.25) is 0 Å². The van der Waals surface area contributed by atoms with E-state index in [9.17, 15) is 13.9 Å². The summed E-state index contributed by atoms with van der Waals surface area (Å²) in [4.78, 5) is 0. The van der Waals surface area contributed by atoms with E-state index >= 15 is 0 Å². The van der Waals surface area contributed by atoms with Crippen LogP contribution in [-0.4, -0.2) is 11.7 Å². The van der Waals surface area contributed by atoms with E-state index in [1.54, 1.807) is 24.3 Å². The average molecular weight is 277 g/mol. The van der Waals surface area contributed by atoms with Gasteiger partial charge in [-0.15, -0.1) is 0 Å². The third-order valence-corrected chi connectivity index (χ3v) is 3.16. The minimum Gasteiger partial charge on any atom is -0.508 e. The molecule has 1 unspecified atom stereocenters. The highest BCUT2D eigenvalue weighted by Gasteiger charge is 2.16. The summed E-state index contributed by atoms with van der Waals surface area (Å²) in [6.45, 7) is 2.57. The summed E-state index contributed by atoms with van der Waals surface area (Å²) in [7, 11) is 0. The molecule has 0 amide bonds. The highest BCUT2D eigenvalue weighted by atomic mass is 19.1. The van der Waals surface area contributed by atoms with E-state index in [0.717, 1.165) is 17.7 Å². The fourth-order valence-corrected chi connectivity index (χ4v) is 2.19. The second-order valence-corrected chi connectivity index (χ2v) is 4.65. The molecule has 20 heavy (non-hydrogen) atoms. The highest BCUT2D eigenvalue weighted by molar-refractivity contribution is 5.29. The Morgan fingerprint density at radius 3 is 2.45 bits per heavy atom. The summed E-state index contributed by atoms with van der Waals surface area (Å²) in [6.07, 6.45) is 0.522. The summed E-state index contributed by atoms with van der Waals surface area (Å²) in [5.41, 5.74) is 1.26. The summed E-state index contributed by atoms with van der Waals surface area (Å²) < 4.78 is 27.2. The third-order valence-electron chi connectivity index (χ3n) is 3.16. The molecular weight excluding hydrogens is 260 g/mol. The molecule has 2 rings (SSSR count). The maximum absolute atomic E-state index is 13.9. The number of likely N-dealkylation sites (N-methyl/N-ethyl adjacent to an activating group) is 1. The molecule has 0 aliphatic heterocycles. The number of aromatic hydroxyl groups is 1. The molecule has 2 nitrogen and oxygen atoms in total. The predicted octanol–water partition coefficient (Wildman–Crippen LogP) is 3.56. The topological polar surface area (TPSA) is 32.3 Å². The van der Waals surface area contributed by atoms with Crippen LogP contribution in [0, 0.1) is 11.6 Å². The first-order valence-corrected chi connectivity index (χ1v) is 6.56. The van der Waals surface area contributed by atoms with Gasteiger partial charge in [-0.1, -0.05) is 19.1 Å². The van der Waals surface area contributed by atoms with Crippen molar-refractivity contribution in [3.63, 3.8) is 0 Å². The monoisotopic (exact) mass is 277 g/mol. The Bertz CT molecular complexity index is 569. The first kappa shape index (κ1) is 14.5. The Morgan fingerprint density at radius 1 is 1.10 bits per heavy atom. The number of halogens is 2. The summed E-state index contributed by atoms with van der Waals surface area (Å²) in [5, 5.41) is 12.4. The number of phenols is 1. The van der Waals surface area contributed by atoms with Crippen molar-refractivity contribution >= 4 is 0 Å². The van der Waals surface area contributed by atoms with Crippen LogP contribution in [0.2, 0.25) is 0 Å². The third kappa shape index (κ3) is 3.54. The van der Waals surface area contributed by atoms with Gasteiger partial charge in [0.1, 0.15) is 17.4 Å². The van der Waals surface area contributed by atoms with Crippen molar-refractivity contribution in [2.45, 2.75) is 19.4 Å². The molecule has 0 aliphatic rings. The molecule has 2 aromatic carbocycles. The van der Waals surface area contributed by atoms with Crippen molar-refractivity contribution in [1.29, 1.82) is 0 Å². The molecule has 0 radical (unpaired) electrons. The molecule has 4 heteroatoms. The van der Waals surface area contributed by atoms with Crippen molar-refractivity contribution in [2.75, 3.05) is 6.54 Å². The van der Waals surface area contributed by atoms with E-state index in [-0.39, 0.29) is 11.8 Å².